The fourth-order valence-corrected chi connectivity index (χ4v) is 4.01. The van der Waals surface area contributed by atoms with Gasteiger partial charge in [0.1, 0.15) is 0 Å². The van der Waals surface area contributed by atoms with Crippen molar-refractivity contribution in [2.75, 3.05) is 5.32 Å². The fourth-order valence-electron chi connectivity index (χ4n) is 3.31. The minimum Gasteiger partial charge on any atom is -0.322 e. The zero-order chi connectivity index (χ0) is 21.4. The zero-order valence-electron chi connectivity index (χ0n) is 17.0. The second-order valence-electron chi connectivity index (χ2n) is 7.32. The van der Waals surface area contributed by atoms with E-state index in [-0.39, 0.29) is 5.91 Å². The smallest absolute Gasteiger partial charge is 0.255 e. The molecular weight excluding hydrogens is 406 g/mol. The van der Waals surface area contributed by atoms with Gasteiger partial charge in [-0.25, -0.2) is 0 Å². The number of rotatable bonds is 4. The molecule has 2 aromatic carbocycles. The summed E-state index contributed by atoms with van der Waals surface area (Å²) in [6.45, 7) is 4.04. The van der Waals surface area contributed by atoms with Crippen molar-refractivity contribution in [3.05, 3.63) is 88.8 Å². The van der Waals surface area contributed by atoms with Crippen LogP contribution in [0, 0.1) is 13.8 Å². The molecule has 0 aliphatic carbocycles. The molecule has 0 saturated heterocycles. The van der Waals surface area contributed by atoms with Gasteiger partial charge in [0.15, 0.2) is 11.5 Å². The van der Waals surface area contributed by atoms with E-state index in [9.17, 15) is 4.79 Å². The molecule has 0 radical (unpaired) electrons. The summed E-state index contributed by atoms with van der Waals surface area (Å²) < 4.78 is 1.76. The SMILES string of the molecule is Cc1ccc(C(=O)Nc2ccc(-c3ccc4nnc(-c5cccs5)n4n3)cc2)cc1C. The molecule has 0 spiro atoms. The predicted octanol–water partition coefficient (Wildman–Crippen LogP) is 5.39. The summed E-state index contributed by atoms with van der Waals surface area (Å²) in [6.07, 6.45) is 0. The molecule has 0 bridgehead atoms. The maximum atomic E-state index is 12.6. The van der Waals surface area contributed by atoms with Crippen LogP contribution >= 0.6 is 11.3 Å². The summed E-state index contributed by atoms with van der Waals surface area (Å²) in [4.78, 5) is 13.6. The van der Waals surface area contributed by atoms with Crippen molar-refractivity contribution in [2.45, 2.75) is 13.8 Å². The Bertz CT molecular complexity index is 1390. The topological polar surface area (TPSA) is 72.2 Å². The average molecular weight is 426 g/mol. The van der Waals surface area contributed by atoms with E-state index in [4.69, 9.17) is 5.10 Å². The number of aryl methyl sites for hydroxylation is 2. The number of anilines is 1. The summed E-state index contributed by atoms with van der Waals surface area (Å²) in [5, 5.41) is 18.2. The van der Waals surface area contributed by atoms with Crippen LogP contribution in [0.5, 0.6) is 0 Å². The Hall–Kier alpha value is -3.84. The number of hydrogen-bond acceptors (Lipinski definition) is 5. The van der Waals surface area contributed by atoms with Crippen LogP contribution in [0.4, 0.5) is 5.69 Å². The lowest BCUT2D eigenvalue weighted by molar-refractivity contribution is 0.102. The minimum absolute atomic E-state index is 0.125. The van der Waals surface area contributed by atoms with Crippen molar-refractivity contribution in [2.24, 2.45) is 0 Å². The van der Waals surface area contributed by atoms with Crippen molar-refractivity contribution in [3.8, 4) is 22.0 Å². The van der Waals surface area contributed by atoms with Crippen molar-refractivity contribution in [1.82, 2.24) is 19.8 Å². The molecule has 31 heavy (non-hydrogen) atoms. The number of nitrogens with zero attached hydrogens (tertiary/aromatic N) is 4. The first-order valence-corrected chi connectivity index (χ1v) is 10.7. The Morgan fingerprint density at radius 1 is 0.935 bits per heavy atom. The monoisotopic (exact) mass is 425 g/mol. The van der Waals surface area contributed by atoms with Gasteiger partial charge in [-0.05, 0) is 72.8 Å². The van der Waals surface area contributed by atoms with Crippen LogP contribution in [0.25, 0.3) is 27.6 Å². The molecule has 1 N–H and O–H groups in total. The first-order chi connectivity index (χ1) is 15.1. The first kappa shape index (κ1) is 19.1. The first-order valence-electron chi connectivity index (χ1n) is 9.84. The Morgan fingerprint density at radius 3 is 2.52 bits per heavy atom. The van der Waals surface area contributed by atoms with E-state index in [1.54, 1.807) is 15.9 Å². The van der Waals surface area contributed by atoms with E-state index < -0.39 is 0 Å². The largest absolute Gasteiger partial charge is 0.322 e. The fraction of sp³-hybridized carbons (Fsp3) is 0.0833. The van der Waals surface area contributed by atoms with Crippen LogP contribution in [0.1, 0.15) is 21.5 Å². The highest BCUT2D eigenvalue weighted by Crippen LogP contribution is 2.25. The molecule has 7 heteroatoms. The van der Waals surface area contributed by atoms with Gasteiger partial charge in [0, 0.05) is 16.8 Å². The number of carbonyl (C=O) groups is 1. The molecule has 0 aliphatic rings. The third kappa shape index (κ3) is 3.71. The number of benzene rings is 2. The molecule has 5 rings (SSSR count). The highest BCUT2D eigenvalue weighted by atomic mass is 32.1. The molecule has 1 amide bonds. The van der Waals surface area contributed by atoms with E-state index in [1.807, 2.05) is 86.0 Å². The third-order valence-corrected chi connectivity index (χ3v) is 6.08. The van der Waals surface area contributed by atoms with Gasteiger partial charge in [-0.1, -0.05) is 24.3 Å². The molecule has 3 heterocycles. The lowest BCUT2D eigenvalue weighted by Gasteiger charge is -2.08. The highest BCUT2D eigenvalue weighted by molar-refractivity contribution is 7.13. The van der Waals surface area contributed by atoms with E-state index in [0.717, 1.165) is 33.2 Å². The molecule has 5 aromatic rings. The van der Waals surface area contributed by atoms with Crippen molar-refractivity contribution in [1.29, 1.82) is 0 Å². The van der Waals surface area contributed by atoms with Gasteiger partial charge in [-0.15, -0.1) is 21.5 Å². The summed E-state index contributed by atoms with van der Waals surface area (Å²) >= 11 is 1.60. The maximum Gasteiger partial charge on any atom is 0.255 e. The van der Waals surface area contributed by atoms with E-state index in [0.29, 0.717) is 11.2 Å². The van der Waals surface area contributed by atoms with Gasteiger partial charge >= 0.3 is 0 Å². The van der Waals surface area contributed by atoms with E-state index in [2.05, 4.69) is 15.5 Å². The zero-order valence-corrected chi connectivity index (χ0v) is 17.9. The lowest BCUT2D eigenvalue weighted by Crippen LogP contribution is -2.12. The Balaban J connectivity index is 1.39. The summed E-state index contributed by atoms with van der Waals surface area (Å²) in [5.74, 6) is 0.601. The van der Waals surface area contributed by atoms with Gasteiger partial charge in [0.2, 0.25) is 0 Å². The standard InChI is InChI=1S/C24H19N5OS/c1-15-5-6-18(14-16(15)2)24(30)25-19-9-7-17(8-10-19)20-11-12-22-26-27-23(29(22)28-20)21-4-3-13-31-21/h3-14H,1-2H3,(H,25,30). The van der Waals surface area contributed by atoms with Crippen LogP contribution in [0.2, 0.25) is 0 Å². The lowest BCUT2D eigenvalue weighted by atomic mass is 10.1. The number of hydrogen-bond donors (Lipinski definition) is 1. The third-order valence-electron chi connectivity index (χ3n) is 5.21. The van der Waals surface area contributed by atoms with Crippen LogP contribution in [0.3, 0.4) is 0 Å². The maximum absolute atomic E-state index is 12.6. The van der Waals surface area contributed by atoms with Crippen molar-refractivity contribution in [3.63, 3.8) is 0 Å². The Kier molecular flexibility index (Phi) is 4.80. The number of fused-ring (bicyclic) bond motifs is 1. The number of amides is 1. The average Bonchev–Trinajstić information content (AvgIpc) is 3.45. The molecule has 0 unspecified atom stereocenters. The Morgan fingerprint density at radius 2 is 1.77 bits per heavy atom. The van der Waals surface area contributed by atoms with Gasteiger partial charge in [0.25, 0.3) is 5.91 Å². The molecule has 0 fully saturated rings. The van der Waals surface area contributed by atoms with Crippen LogP contribution in [-0.2, 0) is 0 Å². The minimum atomic E-state index is -0.125. The predicted molar refractivity (Wildman–Crippen MR) is 123 cm³/mol. The van der Waals surface area contributed by atoms with Crippen LogP contribution in [-0.4, -0.2) is 25.7 Å². The van der Waals surface area contributed by atoms with Gasteiger partial charge in [-0.2, -0.15) is 9.61 Å². The number of thiophene rings is 1. The molecule has 6 nitrogen and oxygen atoms in total. The molecule has 152 valence electrons. The number of nitrogens with one attached hydrogen (secondary N) is 1. The van der Waals surface area contributed by atoms with Crippen LogP contribution in [0.15, 0.2) is 72.1 Å². The second-order valence-corrected chi connectivity index (χ2v) is 8.27. The molecular formula is C24H19N5OS. The van der Waals surface area contributed by atoms with Gasteiger partial charge in [0.05, 0.1) is 10.6 Å². The quantitative estimate of drug-likeness (QED) is 0.419. The van der Waals surface area contributed by atoms with Crippen molar-refractivity contribution >= 4 is 28.6 Å². The molecule has 0 atom stereocenters. The summed E-state index contributed by atoms with van der Waals surface area (Å²) in [6, 6.07) is 21.2. The number of aromatic nitrogens is 4. The highest BCUT2D eigenvalue weighted by Gasteiger charge is 2.12. The van der Waals surface area contributed by atoms with Gasteiger partial charge < -0.3 is 5.32 Å². The van der Waals surface area contributed by atoms with Crippen molar-refractivity contribution < 1.29 is 4.79 Å². The summed E-state index contributed by atoms with van der Waals surface area (Å²) in [7, 11) is 0. The molecule has 3 aromatic heterocycles. The molecule has 0 saturated carbocycles. The van der Waals surface area contributed by atoms with E-state index in [1.165, 1.54) is 5.56 Å². The molecule has 0 aliphatic heterocycles. The number of carbonyl (C=O) groups excluding carboxylic acids is 1. The Labute approximate surface area is 183 Å². The van der Waals surface area contributed by atoms with Crippen LogP contribution < -0.4 is 5.32 Å². The van der Waals surface area contributed by atoms with E-state index >= 15 is 0 Å². The summed E-state index contributed by atoms with van der Waals surface area (Å²) in [5.41, 5.74) is 6.09. The van der Waals surface area contributed by atoms with Gasteiger partial charge in [-0.3, -0.25) is 4.79 Å². The normalized spacial score (nSPS) is 11.0. The second kappa shape index (κ2) is 7.77.